The minimum atomic E-state index is -3.18. The Bertz CT molecular complexity index is 431. The molecule has 0 spiro atoms. The summed E-state index contributed by atoms with van der Waals surface area (Å²) < 4.78 is 65.9. The van der Waals surface area contributed by atoms with Crippen LogP contribution < -0.4 is 0 Å². The number of carboxylic acids is 1. The lowest BCUT2D eigenvalue weighted by molar-refractivity contribution is -0.152. The molecule has 0 aromatic carbocycles. The Kier molecular flexibility index (Phi) is 4.10. The number of aliphatic carboxylic acids is 1. The number of aliphatic hydroxyl groups is 1. The van der Waals surface area contributed by atoms with Gasteiger partial charge in [-0.2, -0.15) is 0 Å². The van der Waals surface area contributed by atoms with Crippen LogP contribution in [0.25, 0.3) is 0 Å². The number of halogens is 5. The second-order valence-electron chi connectivity index (χ2n) is 3.76. The summed E-state index contributed by atoms with van der Waals surface area (Å²) in [5.74, 6) is -11.4. The largest absolute Gasteiger partial charge is 0.480 e. The molecule has 0 saturated carbocycles. The summed E-state index contributed by atoms with van der Waals surface area (Å²) in [6.45, 7) is -0.634. The molecule has 0 aromatic heterocycles. The van der Waals surface area contributed by atoms with E-state index in [1.54, 1.807) is 0 Å². The predicted octanol–water partition coefficient (Wildman–Crippen LogP) is 2.48. The molecule has 0 aliphatic heterocycles. The maximum absolute atomic E-state index is 13.6. The fraction of sp³-hybridized carbons (Fsp3) is 0.500. The number of hydrogen-bond donors (Lipinski definition) is 2. The lowest BCUT2D eigenvalue weighted by Gasteiger charge is -2.32. The number of rotatable bonds is 4. The second kappa shape index (κ2) is 5.05. The monoisotopic (exact) mass is 272 g/mol. The Labute approximate surface area is 98.2 Å². The maximum atomic E-state index is 13.6. The molecule has 2 atom stereocenters. The fourth-order valence-electron chi connectivity index (χ4n) is 1.74. The number of aliphatic hydroxyl groups excluding tert-OH is 1. The first-order valence-electron chi connectivity index (χ1n) is 4.90. The van der Waals surface area contributed by atoms with Crippen molar-refractivity contribution in [3.63, 3.8) is 0 Å². The minimum Gasteiger partial charge on any atom is -0.480 e. The topological polar surface area (TPSA) is 57.5 Å². The Balaban J connectivity index is 3.39. The Morgan fingerprint density at radius 3 is 2.22 bits per heavy atom. The second-order valence-corrected chi connectivity index (χ2v) is 3.76. The summed E-state index contributed by atoms with van der Waals surface area (Å²) in [6.07, 6.45) is -4.50. The maximum Gasteiger partial charge on any atom is 0.320 e. The number of carboxylic acid groups (broad SMARTS) is 1. The van der Waals surface area contributed by atoms with Gasteiger partial charge in [-0.25, -0.2) is 22.0 Å². The third-order valence-electron chi connectivity index (χ3n) is 2.75. The number of alkyl halides is 1. The first kappa shape index (κ1) is 14.6. The summed E-state index contributed by atoms with van der Waals surface area (Å²) in [4.78, 5) is 10.9. The Hall–Kier alpha value is -1.44. The van der Waals surface area contributed by atoms with E-state index in [9.17, 15) is 26.7 Å². The van der Waals surface area contributed by atoms with Gasteiger partial charge in [0, 0.05) is 6.61 Å². The van der Waals surface area contributed by atoms with Gasteiger partial charge in [-0.05, 0) is 12.8 Å². The molecule has 0 heterocycles. The van der Waals surface area contributed by atoms with Gasteiger partial charge in [-0.3, -0.25) is 4.79 Å². The lowest BCUT2D eigenvalue weighted by Crippen LogP contribution is -2.44. The van der Waals surface area contributed by atoms with Gasteiger partial charge in [0.25, 0.3) is 0 Å². The Morgan fingerprint density at radius 2 is 1.78 bits per heavy atom. The Morgan fingerprint density at radius 1 is 1.22 bits per heavy atom. The molecular weight excluding hydrogens is 263 g/mol. The normalized spacial score (nSPS) is 28.9. The van der Waals surface area contributed by atoms with Gasteiger partial charge in [0.2, 0.25) is 0 Å². The molecule has 0 amide bonds. The van der Waals surface area contributed by atoms with Crippen LogP contribution in [0.3, 0.4) is 0 Å². The van der Waals surface area contributed by atoms with E-state index < -0.39 is 60.3 Å². The standard InChI is InChI=1S/C10H9F5O3/c11-4-5(12)7(14)10(9(17)18,2-1-3-16)8(15)6(4)13/h7,16H,1-3H2,(H,17,18). The number of carbonyl (C=O) groups is 1. The van der Waals surface area contributed by atoms with Gasteiger partial charge in [0.1, 0.15) is 0 Å². The van der Waals surface area contributed by atoms with Gasteiger partial charge in [0.05, 0.1) is 0 Å². The van der Waals surface area contributed by atoms with Crippen LogP contribution in [0, 0.1) is 5.41 Å². The van der Waals surface area contributed by atoms with Gasteiger partial charge in [-0.15, -0.1) is 0 Å². The smallest absolute Gasteiger partial charge is 0.320 e. The molecule has 0 saturated heterocycles. The third-order valence-corrected chi connectivity index (χ3v) is 2.75. The van der Waals surface area contributed by atoms with Gasteiger partial charge >= 0.3 is 5.97 Å². The van der Waals surface area contributed by atoms with Crippen LogP contribution >= 0.6 is 0 Å². The van der Waals surface area contributed by atoms with E-state index in [1.165, 1.54) is 0 Å². The fourth-order valence-corrected chi connectivity index (χ4v) is 1.74. The minimum absolute atomic E-state index is 0.414. The predicted molar refractivity (Wildman–Crippen MR) is 49.8 cm³/mol. The first-order valence-corrected chi connectivity index (χ1v) is 4.90. The van der Waals surface area contributed by atoms with Gasteiger partial charge in [-0.1, -0.05) is 0 Å². The van der Waals surface area contributed by atoms with Gasteiger partial charge < -0.3 is 10.2 Å². The highest BCUT2D eigenvalue weighted by atomic mass is 19.2. The molecule has 102 valence electrons. The quantitative estimate of drug-likeness (QED) is 0.773. The number of hydrogen-bond acceptors (Lipinski definition) is 2. The molecular formula is C10H9F5O3. The van der Waals surface area contributed by atoms with E-state index in [0.29, 0.717) is 0 Å². The molecule has 0 fully saturated rings. The van der Waals surface area contributed by atoms with Crippen molar-refractivity contribution >= 4 is 5.97 Å². The molecule has 3 nitrogen and oxygen atoms in total. The molecule has 2 N–H and O–H groups in total. The SMILES string of the molecule is O=C(O)C1(CCCO)C(F)=C(F)C(F)=C(F)C1F. The first-order chi connectivity index (χ1) is 8.30. The van der Waals surface area contributed by atoms with Crippen LogP contribution in [0.2, 0.25) is 0 Å². The molecule has 1 aliphatic carbocycles. The zero-order valence-corrected chi connectivity index (χ0v) is 8.89. The summed E-state index contributed by atoms with van der Waals surface area (Å²) in [5, 5.41) is 17.3. The van der Waals surface area contributed by atoms with Crippen molar-refractivity contribution in [3.05, 3.63) is 23.3 Å². The van der Waals surface area contributed by atoms with Crippen LogP contribution in [0.5, 0.6) is 0 Å². The van der Waals surface area contributed by atoms with E-state index >= 15 is 0 Å². The van der Waals surface area contributed by atoms with E-state index in [-0.39, 0.29) is 0 Å². The molecule has 18 heavy (non-hydrogen) atoms. The van der Waals surface area contributed by atoms with E-state index in [4.69, 9.17) is 10.2 Å². The summed E-state index contributed by atoms with van der Waals surface area (Å²) in [5.41, 5.74) is -3.17. The summed E-state index contributed by atoms with van der Waals surface area (Å²) >= 11 is 0. The molecule has 0 aromatic rings. The van der Waals surface area contributed by atoms with Crippen LogP contribution in [-0.2, 0) is 4.79 Å². The summed E-state index contributed by atoms with van der Waals surface area (Å²) in [6, 6.07) is 0. The highest BCUT2D eigenvalue weighted by molar-refractivity contribution is 5.80. The molecule has 0 bridgehead atoms. The van der Waals surface area contributed by atoms with Crippen molar-refractivity contribution in [1.82, 2.24) is 0 Å². The highest BCUT2D eigenvalue weighted by Gasteiger charge is 2.58. The lowest BCUT2D eigenvalue weighted by atomic mass is 9.74. The van der Waals surface area contributed by atoms with Crippen molar-refractivity contribution in [2.24, 2.45) is 5.41 Å². The van der Waals surface area contributed by atoms with Crippen molar-refractivity contribution in [2.45, 2.75) is 19.0 Å². The van der Waals surface area contributed by atoms with E-state index in [0.717, 1.165) is 0 Å². The average Bonchev–Trinajstić information content (AvgIpc) is 2.34. The summed E-state index contributed by atoms with van der Waals surface area (Å²) in [7, 11) is 0. The van der Waals surface area contributed by atoms with Crippen LogP contribution in [0.4, 0.5) is 22.0 Å². The van der Waals surface area contributed by atoms with Crippen LogP contribution in [-0.4, -0.2) is 29.0 Å². The van der Waals surface area contributed by atoms with Gasteiger partial charge in [0.15, 0.2) is 34.9 Å². The molecule has 8 heteroatoms. The van der Waals surface area contributed by atoms with Crippen molar-refractivity contribution in [2.75, 3.05) is 6.61 Å². The zero-order chi connectivity index (χ0) is 14.1. The molecule has 1 aliphatic rings. The third kappa shape index (κ3) is 1.90. The molecule has 0 radical (unpaired) electrons. The van der Waals surface area contributed by atoms with Crippen molar-refractivity contribution < 1.29 is 37.0 Å². The van der Waals surface area contributed by atoms with Crippen LogP contribution in [0.1, 0.15) is 12.8 Å². The highest BCUT2D eigenvalue weighted by Crippen LogP contribution is 2.50. The van der Waals surface area contributed by atoms with Crippen molar-refractivity contribution in [3.8, 4) is 0 Å². The average molecular weight is 272 g/mol. The van der Waals surface area contributed by atoms with Crippen molar-refractivity contribution in [1.29, 1.82) is 0 Å². The zero-order valence-electron chi connectivity index (χ0n) is 8.89. The molecule has 1 rings (SSSR count). The molecule has 2 unspecified atom stereocenters. The van der Waals surface area contributed by atoms with E-state index in [1.807, 2.05) is 0 Å². The van der Waals surface area contributed by atoms with Crippen LogP contribution in [0.15, 0.2) is 23.3 Å². The number of allylic oxidation sites excluding steroid dienone is 3. The van der Waals surface area contributed by atoms with E-state index in [2.05, 4.69) is 0 Å².